The predicted molar refractivity (Wildman–Crippen MR) is 121 cm³/mol. The third-order valence-corrected chi connectivity index (χ3v) is 7.82. The number of Topliss-reactive ketones (excluding diaryl/α,β-unsaturated/α-hetero) is 1. The average Bonchev–Trinajstić information content (AvgIpc) is 3.76. The zero-order chi connectivity index (χ0) is 22.6. The van der Waals surface area contributed by atoms with Crippen LogP contribution in [-0.2, 0) is 9.47 Å². The molecule has 174 valence electrons. The number of halogens is 2. The van der Waals surface area contributed by atoms with E-state index in [9.17, 15) is 9.18 Å². The number of hydrogen-bond donors (Lipinski definition) is 0. The van der Waals surface area contributed by atoms with E-state index in [1.165, 1.54) is 6.07 Å². The number of hydrogen-bond acceptors (Lipinski definition) is 6. The Morgan fingerprint density at radius 3 is 2.48 bits per heavy atom. The molecule has 3 heterocycles. The first kappa shape index (κ1) is 21.4. The van der Waals surface area contributed by atoms with Gasteiger partial charge in [0.25, 0.3) is 0 Å². The fraction of sp³-hybridized carbons (Fsp3) is 0.560. The molecule has 2 aromatic rings. The van der Waals surface area contributed by atoms with Crippen LogP contribution in [0.15, 0.2) is 30.6 Å². The summed E-state index contributed by atoms with van der Waals surface area (Å²) in [5.41, 5.74) is 0.914. The van der Waals surface area contributed by atoms with E-state index in [2.05, 4.69) is 14.9 Å². The molecule has 1 aromatic heterocycles. The molecule has 6 nitrogen and oxygen atoms in total. The van der Waals surface area contributed by atoms with Gasteiger partial charge in [0.15, 0.2) is 12.1 Å². The van der Waals surface area contributed by atoms with E-state index in [4.69, 9.17) is 21.1 Å². The molecule has 0 bridgehead atoms. The number of piperidine rings is 1. The Kier molecular flexibility index (Phi) is 5.39. The molecule has 1 spiro atoms. The van der Waals surface area contributed by atoms with Crippen LogP contribution in [0.2, 0.25) is 5.02 Å². The molecule has 0 amide bonds. The van der Waals surface area contributed by atoms with Crippen molar-refractivity contribution in [3.8, 4) is 0 Å². The largest absolute Gasteiger partial charge is 0.348 e. The zero-order valence-corrected chi connectivity index (χ0v) is 19.1. The summed E-state index contributed by atoms with van der Waals surface area (Å²) in [6.07, 6.45) is 8.64. The van der Waals surface area contributed by atoms with Crippen LogP contribution in [0.4, 0.5) is 10.3 Å². The van der Waals surface area contributed by atoms with Crippen molar-refractivity contribution in [2.45, 2.75) is 50.9 Å². The number of aromatic nitrogens is 2. The number of nitrogens with zero attached hydrogens (tertiary/aromatic N) is 3. The van der Waals surface area contributed by atoms with Crippen molar-refractivity contribution in [2.24, 2.45) is 17.3 Å². The minimum atomic E-state index is -0.599. The SMILES string of the molecule is O=C(c1ccc(C2OCC3(CC3)[C@H](C3CCN(c4ncc(Cl)cn4)CC3)O2)cc1F)C1CC1. The van der Waals surface area contributed by atoms with Crippen molar-refractivity contribution >= 4 is 23.3 Å². The summed E-state index contributed by atoms with van der Waals surface area (Å²) in [6.45, 7) is 2.36. The van der Waals surface area contributed by atoms with Gasteiger partial charge < -0.3 is 14.4 Å². The molecular weight excluding hydrogens is 445 g/mol. The number of carbonyl (C=O) groups is 1. The Balaban J connectivity index is 1.14. The summed E-state index contributed by atoms with van der Waals surface area (Å²) in [6, 6.07) is 4.80. The van der Waals surface area contributed by atoms with Gasteiger partial charge in [-0.3, -0.25) is 4.79 Å². The van der Waals surface area contributed by atoms with E-state index < -0.39 is 12.1 Å². The van der Waals surface area contributed by atoms with Gasteiger partial charge >= 0.3 is 0 Å². The highest BCUT2D eigenvalue weighted by molar-refractivity contribution is 6.30. The Hall–Kier alpha value is -2.09. The second-order valence-electron chi connectivity index (χ2n) is 9.97. The average molecular weight is 472 g/mol. The Labute approximate surface area is 197 Å². The van der Waals surface area contributed by atoms with Crippen LogP contribution in [0.1, 0.15) is 60.7 Å². The maximum absolute atomic E-state index is 14.7. The summed E-state index contributed by atoms with van der Waals surface area (Å²) in [4.78, 5) is 23.2. The monoisotopic (exact) mass is 471 g/mol. The Morgan fingerprint density at radius 2 is 1.85 bits per heavy atom. The van der Waals surface area contributed by atoms with Crippen molar-refractivity contribution in [2.75, 3.05) is 24.6 Å². The van der Waals surface area contributed by atoms with Gasteiger partial charge in [0.2, 0.25) is 5.95 Å². The smallest absolute Gasteiger partial charge is 0.225 e. The number of rotatable bonds is 5. The molecule has 1 unspecified atom stereocenters. The lowest BCUT2D eigenvalue weighted by molar-refractivity contribution is -0.263. The van der Waals surface area contributed by atoms with Gasteiger partial charge in [0.05, 0.1) is 35.7 Å². The molecule has 2 saturated heterocycles. The summed E-state index contributed by atoms with van der Waals surface area (Å²) in [5.74, 6) is 0.548. The first-order chi connectivity index (χ1) is 16.0. The first-order valence-electron chi connectivity index (χ1n) is 11.9. The van der Waals surface area contributed by atoms with Crippen LogP contribution >= 0.6 is 11.6 Å². The highest BCUT2D eigenvalue weighted by Crippen LogP contribution is 2.57. The van der Waals surface area contributed by atoms with Gasteiger partial charge in [-0.25, -0.2) is 14.4 Å². The molecule has 2 aliphatic heterocycles. The Bertz CT molecular complexity index is 1050. The van der Waals surface area contributed by atoms with E-state index in [0.29, 0.717) is 29.1 Å². The molecule has 0 N–H and O–H groups in total. The second kappa shape index (κ2) is 8.29. The number of carbonyl (C=O) groups excluding carboxylic acids is 1. The lowest BCUT2D eigenvalue weighted by Gasteiger charge is -2.44. The lowest BCUT2D eigenvalue weighted by Crippen LogP contribution is -2.47. The topological polar surface area (TPSA) is 64.5 Å². The fourth-order valence-electron chi connectivity index (χ4n) is 5.33. The fourth-order valence-corrected chi connectivity index (χ4v) is 5.43. The van der Waals surface area contributed by atoms with Gasteiger partial charge in [-0.2, -0.15) is 0 Å². The Morgan fingerprint density at radius 1 is 1.12 bits per heavy atom. The molecule has 2 atom stereocenters. The molecule has 4 fully saturated rings. The maximum Gasteiger partial charge on any atom is 0.225 e. The molecule has 2 saturated carbocycles. The third-order valence-electron chi connectivity index (χ3n) is 7.62. The number of ketones is 1. The van der Waals surface area contributed by atoms with Crippen LogP contribution < -0.4 is 4.90 Å². The molecule has 6 rings (SSSR count). The number of benzene rings is 1. The molecule has 2 aliphatic carbocycles. The number of ether oxygens (including phenoxy) is 2. The van der Waals surface area contributed by atoms with Gasteiger partial charge in [-0.15, -0.1) is 0 Å². The molecular formula is C25H27ClFN3O3. The zero-order valence-electron chi connectivity index (χ0n) is 18.4. The van der Waals surface area contributed by atoms with Crippen LogP contribution in [0.5, 0.6) is 0 Å². The quantitative estimate of drug-likeness (QED) is 0.573. The van der Waals surface area contributed by atoms with Gasteiger partial charge in [0.1, 0.15) is 5.82 Å². The van der Waals surface area contributed by atoms with Crippen LogP contribution in [0.3, 0.4) is 0 Å². The van der Waals surface area contributed by atoms with Gasteiger partial charge in [-0.1, -0.05) is 17.7 Å². The van der Waals surface area contributed by atoms with Crippen molar-refractivity contribution < 1.29 is 18.7 Å². The molecule has 1 aromatic carbocycles. The summed E-state index contributed by atoms with van der Waals surface area (Å²) in [5, 5.41) is 0.535. The molecule has 4 aliphatic rings. The van der Waals surface area contributed by atoms with E-state index in [-0.39, 0.29) is 28.8 Å². The van der Waals surface area contributed by atoms with Crippen molar-refractivity contribution in [3.63, 3.8) is 0 Å². The van der Waals surface area contributed by atoms with Crippen molar-refractivity contribution in [3.05, 3.63) is 52.6 Å². The van der Waals surface area contributed by atoms with Crippen molar-refractivity contribution in [1.82, 2.24) is 9.97 Å². The van der Waals surface area contributed by atoms with E-state index in [1.807, 2.05) is 0 Å². The standard InChI is InChI=1S/C25H27ClFN3O3/c26-18-12-28-24(29-13-18)30-9-5-16(6-10-30)22-25(7-8-25)14-32-23(33-22)17-3-4-19(20(27)11-17)21(31)15-1-2-15/h3-4,11-13,15-16,22-23H,1-2,5-10,14H2/t22-,23?/m0/s1. The van der Waals surface area contributed by atoms with Gasteiger partial charge in [0, 0.05) is 30.0 Å². The maximum atomic E-state index is 14.7. The molecule has 8 heteroatoms. The van der Waals surface area contributed by atoms with E-state index in [1.54, 1.807) is 24.5 Å². The molecule has 0 radical (unpaired) electrons. The van der Waals surface area contributed by atoms with Gasteiger partial charge in [-0.05, 0) is 56.6 Å². The van der Waals surface area contributed by atoms with Crippen LogP contribution in [0.25, 0.3) is 0 Å². The molecule has 33 heavy (non-hydrogen) atoms. The number of anilines is 1. The summed E-state index contributed by atoms with van der Waals surface area (Å²) in [7, 11) is 0. The second-order valence-corrected chi connectivity index (χ2v) is 10.4. The first-order valence-corrected chi connectivity index (χ1v) is 12.2. The normalized spacial score (nSPS) is 27.0. The minimum absolute atomic E-state index is 0.00391. The summed E-state index contributed by atoms with van der Waals surface area (Å²) >= 11 is 5.92. The van der Waals surface area contributed by atoms with Crippen LogP contribution in [-0.4, -0.2) is 41.6 Å². The minimum Gasteiger partial charge on any atom is -0.348 e. The lowest BCUT2D eigenvalue weighted by atomic mass is 9.81. The van der Waals surface area contributed by atoms with Crippen LogP contribution in [0, 0.1) is 23.1 Å². The van der Waals surface area contributed by atoms with Crippen molar-refractivity contribution in [1.29, 1.82) is 0 Å². The van der Waals surface area contributed by atoms with E-state index in [0.717, 1.165) is 51.6 Å². The highest BCUT2D eigenvalue weighted by Gasteiger charge is 2.56. The predicted octanol–water partition coefficient (Wildman–Crippen LogP) is 4.97. The highest BCUT2D eigenvalue weighted by atomic mass is 35.5. The summed E-state index contributed by atoms with van der Waals surface area (Å²) < 4.78 is 27.3. The van der Waals surface area contributed by atoms with E-state index >= 15 is 0 Å². The third kappa shape index (κ3) is 4.15.